The lowest BCUT2D eigenvalue weighted by molar-refractivity contribution is -0.685. The first-order valence-corrected chi connectivity index (χ1v) is 5.68. The van der Waals surface area contributed by atoms with E-state index in [9.17, 15) is 9.50 Å². The molecule has 0 aliphatic carbocycles. The molecule has 5 heteroatoms. The number of aromatic nitrogens is 2. The molecule has 1 aromatic carbocycles. The second kappa shape index (κ2) is 3.74. The van der Waals surface area contributed by atoms with E-state index in [1.54, 1.807) is 30.3 Å². The molecular formula is C13H13FN3O+. The summed E-state index contributed by atoms with van der Waals surface area (Å²) in [6.07, 6.45) is 3.54. The first-order chi connectivity index (χ1) is 8.61. The highest BCUT2D eigenvalue weighted by molar-refractivity contribution is 5.36. The van der Waals surface area contributed by atoms with Crippen molar-refractivity contribution in [2.45, 2.75) is 12.3 Å². The van der Waals surface area contributed by atoms with E-state index in [-0.39, 0.29) is 5.82 Å². The fraction of sp³-hybridized carbons (Fsp3) is 0.231. The third kappa shape index (κ3) is 1.48. The SMILES string of the molecule is CN1c2nccc[n+]2C[C@@]1(O)c1ccc(F)cc1. The van der Waals surface area contributed by atoms with Gasteiger partial charge in [0, 0.05) is 11.6 Å². The highest BCUT2D eigenvalue weighted by atomic mass is 19.1. The molecule has 0 bridgehead atoms. The van der Waals surface area contributed by atoms with Crippen molar-refractivity contribution in [1.82, 2.24) is 4.98 Å². The van der Waals surface area contributed by atoms with Crippen molar-refractivity contribution in [2.75, 3.05) is 11.9 Å². The number of hydrogen-bond acceptors (Lipinski definition) is 3. The van der Waals surface area contributed by atoms with Gasteiger partial charge in [-0.2, -0.15) is 0 Å². The zero-order valence-electron chi connectivity index (χ0n) is 9.92. The molecule has 4 nitrogen and oxygen atoms in total. The number of aliphatic hydroxyl groups is 1. The lowest BCUT2D eigenvalue weighted by atomic mass is 10.0. The summed E-state index contributed by atoms with van der Waals surface area (Å²) in [6.45, 7) is 0.373. The van der Waals surface area contributed by atoms with Gasteiger partial charge in [0.25, 0.3) is 0 Å². The van der Waals surface area contributed by atoms with E-state index in [1.165, 1.54) is 12.1 Å². The van der Waals surface area contributed by atoms with E-state index >= 15 is 0 Å². The van der Waals surface area contributed by atoms with Crippen LogP contribution in [0.25, 0.3) is 0 Å². The number of rotatable bonds is 1. The van der Waals surface area contributed by atoms with Gasteiger partial charge in [-0.3, -0.25) is 0 Å². The van der Waals surface area contributed by atoms with Gasteiger partial charge in [-0.15, -0.1) is 0 Å². The standard InChI is InChI=1S/C13H13FN3O/c1-16-12-15-7-2-8-17(12)9-13(16,18)10-3-5-11(14)6-4-10/h2-8,18H,9H2,1H3/q+1/t13-/m1/s1. The maximum absolute atomic E-state index is 12.9. The molecule has 1 atom stereocenters. The van der Waals surface area contributed by atoms with E-state index in [0.29, 0.717) is 18.1 Å². The van der Waals surface area contributed by atoms with Gasteiger partial charge in [0.05, 0.1) is 13.2 Å². The Bertz CT molecular complexity index is 587. The summed E-state index contributed by atoms with van der Waals surface area (Å²) < 4.78 is 14.8. The van der Waals surface area contributed by atoms with Crippen LogP contribution in [0.1, 0.15) is 5.56 Å². The number of anilines is 1. The number of hydrogen-bond donors (Lipinski definition) is 1. The molecule has 0 spiro atoms. The minimum absolute atomic E-state index is 0.314. The summed E-state index contributed by atoms with van der Waals surface area (Å²) in [4.78, 5) is 5.93. The first kappa shape index (κ1) is 11.1. The largest absolute Gasteiger partial charge is 0.396 e. The van der Waals surface area contributed by atoms with Crippen molar-refractivity contribution in [2.24, 2.45) is 0 Å². The molecule has 1 aliphatic rings. The monoisotopic (exact) mass is 246 g/mol. The maximum atomic E-state index is 12.9. The van der Waals surface area contributed by atoms with Crippen molar-refractivity contribution in [1.29, 1.82) is 0 Å². The fourth-order valence-electron chi connectivity index (χ4n) is 2.31. The fourth-order valence-corrected chi connectivity index (χ4v) is 2.31. The van der Waals surface area contributed by atoms with Crippen LogP contribution < -0.4 is 9.47 Å². The van der Waals surface area contributed by atoms with E-state index in [1.807, 2.05) is 16.8 Å². The highest BCUT2D eigenvalue weighted by Gasteiger charge is 2.49. The van der Waals surface area contributed by atoms with Gasteiger partial charge in [-0.05, 0) is 24.3 Å². The Labute approximate surface area is 104 Å². The van der Waals surface area contributed by atoms with Gasteiger partial charge in [-0.25, -0.2) is 13.9 Å². The Balaban J connectivity index is 2.06. The van der Waals surface area contributed by atoms with Crippen LogP contribution in [0.4, 0.5) is 10.3 Å². The quantitative estimate of drug-likeness (QED) is 0.757. The summed E-state index contributed by atoms with van der Waals surface area (Å²) in [5.41, 5.74) is -0.536. The van der Waals surface area contributed by atoms with Crippen LogP contribution in [-0.2, 0) is 12.3 Å². The van der Waals surface area contributed by atoms with Crippen LogP contribution in [0.15, 0.2) is 42.7 Å². The zero-order chi connectivity index (χ0) is 12.8. The molecule has 0 saturated heterocycles. The molecule has 1 N–H and O–H groups in total. The summed E-state index contributed by atoms with van der Waals surface area (Å²) in [5, 5.41) is 10.8. The van der Waals surface area contributed by atoms with Gasteiger partial charge in [0.2, 0.25) is 5.72 Å². The smallest absolute Gasteiger partial charge is 0.353 e. The van der Waals surface area contributed by atoms with Crippen molar-refractivity contribution in [3.8, 4) is 0 Å². The molecule has 2 aromatic rings. The average molecular weight is 246 g/mol. The van der Waals surface area contributed by atoms with Crippen molar-refractivity contribution < 1.29 is 14.1 Å². The summed E-state index contributed by atoms with van der Waals surface area (Å²) in [6, 6.07) is 7.70. The van der Waals surface area contributed by atoms with Gasteiger partial charge in [0.15, 0.2) is 0 Å². The minimum Gasteiger partial charge on any atom is -0.353 e. The van der Waals surface area contributed by atoms with Crippen molar-refractivity contribution in [3.63, 3.8) is 0 Å². The summed E-state index contributed by atoms with van der Waals surface area (Å²) >= 11 is 0. The predicted molar refractivity (Wildman–Crippen MR) is 63.1 cm³/mol. The number of likely N-dealkylation sites (N-methyl/N-ethyl adjacent to an activating group) is 1. The molecule has 0 saturated carbocycles. The zero-order valence-corrected chi connectivity index (χ0v) is 9.92. The Morgan fingerprint density at radius 1 is 1.39 bits per heavy atom. The van der Waals surface area contributed by atoms with Gasteiger partial charge < -0.3 is 5.11 Å². The van der Waals surface area contributed by atoms with Crippen molar-refractivity contribution >= 4 is 5.95 Å². The molecule has 92 valence electrons. The molecule has 0 fully saturated rings. The second-order valence-electron chi connectivity index (χ2n) is 4.43. The Morgan fingerprint density at radius 3 is 2.78 bits per heavy atom. The normalized spacial score (nSPS) is 22.1. The second-order valence-corrected chi connectivity index (χ2v) is 4.43. The first-order valence-electron chi connectivity index (χ1n) is 5.68. The molecule has 1 aliphatic heterocycles. The van der Waals surface area contributed by atoms with Crippen molar-refractivity contribution in [3.05, 3.63) is 54.1 Å². The van der Waals surface area contributed by atoms with Gasteiger partial charge >= 0.3 is 5.95 Å². The molecule has 0 amide bonds. The van der Waals surface area contributed by atoms with E-state index in [4.69, 9.17) is 0 Å². The predicted octanol–water partition coefficient (Wildman–Crippen LogP) is 0.803. The third-order valence-electron chi connectivity index (χ3n) is 3.35. The average Bonchev–Trinajstić information content (AvgIpc) is 2.64. The van der Waals surface area contributed by atoms with Crippen LogP contribution in [0.3, 0.4) is 0 Å². The molecule has 0 radical (unpaired) electrons. The summed E-state index contributed by atoms with van der Waals surface area (Å²) in [7, 11) is 1.77. The Morgan fingerprint density at radius 2 is 2.11 bits per heavy atom. The molecule has 18 heavy (non-hydrogen) atoms. The molecule has 1 aromatic heterocycles. The Kier molecular flexibility index (Phi) is 2.31. The lowest BCUT2D eigenvalue weighted by Crippen LogP contribution is -2.43. The van der Waals surface area contributed by atoms with Crippen LogP contribution in [0.2, 0.25) is 0 Å². The van der Waals surface area contributed by atoms with Crippen LogP contribution in [-0.4, -0.2) is 17.1 Å². The van der Waals surface area contributed by atoms with E-state index < -0.39 is 5.72 Å². The van der Waals surface area contributed by atoms with Gasteiger partial charge in [0.1, 0.15) is 18.6 Å². The van der Waals surface area contributed by atoms with Gasteiger partial charge in [-0.1, -0.05) is 4.98 Å². The topological polar surface area (TPSA) is 40.2 Å². The molecule has 2 heterocycles. The lowest BCUT2D eigenvalue weighted by Gasteiger charge is -2.25. The van der Waals surface area contributed by atoms with Crippen LogP contribution >= 0.6 is 0 Å². The minimum atomic E-state index is -1.19. The maximum Gasteiger partial charge on any atom is 0.396 e. The molecular weight excluding hydrogens is 233 g/mol. The third-order valence-corrected chi connectivity index (χ3v) is 3.35. The summed E-state index contributed by atoms with van der Waals surface area (Å²) in [5.74, 6) is 0.371. The highest BCUT2D eigenvalue weighted by Crippen LogP contribution is 2.31. The number of halogens is 1. The van der Waals surface area contributed by atoms with E-state index in [2.05, 4.69) is 4.98 Å². The Hall–Kier alpha value is -2.01. The molecule has 0 unspecified atom stereocenters. The van der Waals surface area contributed by atoms with Crippen LogP contribution in [0.5, 0.6) is 0 Å². The molecule has 3 rings (SSSR count). The number of benzene rings is 1. The van der Waals surface area contributed by atoms with E-state index in [0.717, 1.165) is 0 Å². The van der Waals surface area contributed by atoms with Crippen LogP contribution in [0, 0.1) is 5.82 Å². The number of fused-ring (bicyclic) bond motifs is 1. The number of nitrogens with zero attached hydrogens (tertiary/aromatic N) is 3.